The minimum Gasteiger partial charge on any atom is -0.496 e. The Kier molecular flexibility index (Phi) is 4.40. The van der Waals surface area contributed by atoms with Crippen LogP contribution in [0.2, 0.25) is 0 Å². The van der Waals surface area contributed by atoms with Crippen LogP contribution in [0.5, 0.6) is 5.75 Å². The molecule has 1 aliphatic rings. The number of carbonyl (C=O) groups is 1. The van der Waals surface area contributed by atoms with Gasteiger partial charge in [0.15, 0.2) is 0 Å². The number of amides is 1. The molecule has 100 valence electrons. The molecular formula is C13H13BrN2O3. The van der Waals surface area contributed by atoms with Gasteiger partial charge in [-0.25, -0.2) is 0 Å². The quantitative estimate of drug-likeness (QED) is 0.832. The molecule has 5 nitrogen and oxygen atoms in total. The van der Waals surface area contributed by atoms with Crippen LogP contribution in [-0.4, -0.2) is 43.7 Å². The zero-order chi connectivity index (χ0) is 13.8. The Balaban J connectivity index is 2.23. The van der Waals surface area contributed by atoms with Gasteiger partial charge in [0.25, 0.3) is 5.91 Å². The topological polar surface area (TPSA) is 62.6 Å². The maximum atomic E-state index is 12.4. The van der Waals surface area contributed by atoms with Crippen LogP contribution in [0.4, 0.5) is 0 Å². The normalized spacial score (nSPS) is 18.8. The second-order valence-corrected chi connectivity index (χ2v) is 4.92. The van der Waals surface area contributed by atoms with Crippen LogP contribution < -0.4 is 4.74 Å². The van der Waals surface area contributed by atoms with Crippen molar-refractivity contribution in [3.05, 3.63) is 28.2 Å². The summed E-state index contributed by atoms with van der Waals surface area (Å²) in [7, 11) is 1.56. The maximum Gasteiger partial charge on any atom is 0.255 e. The van der Waals surface area contributed by atoms with Gasteiger partial charge >= 0.3 is 0 Å². The van der Waals surface area contributed by atoms with E-state index in [1.807, 2.05) is 0 Å². The third-order valence-corrected chi connectivity index (χ3v) is 3.56. The van der Waals surface area contributed by atoms with Gasteiger partial charge in [-0.2, -0.15) is 5.26 Å². The molecule has 0 spiro atoms. The molecule has 0 N–H and O–H groups in total. The second-order valence-electron chi connectivity index (χ2n) is 4.07. The van der Waals surface area contributed by atoms with Gasteiger partial charge in [-0.05, 0) is 34.1 Å². The zero-order valence-electron chi connectivity index (χ0n) is 10.4. The number of nitrogens with zero attached hydrogens (tertiary/aromatic N) is 2. The van der Waals surface area contributed by atoms with Crippen LogP contribution in [0.1, 0.15) is 10.4 Å². The molecule has 1 atom stereocenters. The van der Waals surface area contributed by atoms with Crippen molar-refractivity contribution in [2.45, 2.75) is 6.04 Å². The van der Waals surface area contributed by atoms with Crippen molar-refractivity contribution in [2.24, 2.45) is 0 Å². The number of methoxy groups -OCH3 is 1. The Bertz CT molecular complexity index is 527. The monoisotopic (exact) mass is 324 g/mol. The molecule has 6 heteroatoms. The smallest absolute Gasteiger partial charge is 0.255 e. The van der Waals surface area contributed by atoms with Gasteiger partial charge in [-0.3, -0.25) is 4.79 Å². The summed E-state index contributed by atoms with van der Waals surface area (Å²) >= 11 is 3.35. The Morgan fingerprint density at radius 3 is 3.05 bits per heavy atom. The molecule has 1 fully saturated rings. The predicted octanol–water partition coefficient (Wildman–Crippen LogP) is 1.82. The van der Waals surface area contributed by atoms with E-state index in [0.29, 0.717) is 28.9 Å². The number of benzene rings is 1. The molecule has 1 unspecified atom stereocenters. The number of hydrogen-bond donors (Lipinski definition) is 0. The fourth-order valence-corrected chi connectivity index (χ4v) is 2.46. The standard InChI is InChI=1S/C13H13BrN2O3/c1-18-12-3-2-9(6-11(12)14)13(17)16-4-5-19-8-10(16)7-15/h2-3,6,10H,4-5,8H2,1H3. The van der Waals surface area contributed by atoms with E-state index >= 15 is 0 Å². The van der Waals surface area contributed by atoms with Gasteiger partial charge in [0.1, 0.15) is 11.8 Å². The lowest BCUT2D eigenvalue weighted by atomic mass is 10.1. The van der Waals surface area contributed by atoms with Gasteiger partial charge in [0.2, 0.25) is 0 Å². The molecule has 0 aromatic heterocycles. The van der Waals surface area contributed by atoms with E-state index in [1.165, 1.54) is 4.90 Å². The third-order valence-electron chi connectivity index (χ3n) is 2.94. The first kappa shape index (κ1) is 13.8. The van der Waals surface area contributed by atoms with Crippen LogP contribution in [0.25, 0.3) is 0 Å². The summed E-state index contributed by atoms with van der Waals surface area (Å²) < 4.78 is 11.0. The molecule has 0 radical (unpaired) electrons. The lowest BCUT2D eigenvalue weighted by molar-refractivity contribution is 0.0132. The molecule has 1 aromatic carbocycles. The third kappa shape index (κ3) is 2.88. The van der Waals surface area contributed by atoms with E-state index in [0.717, 1.165) is 0 Å². The molecule has 2 rings (SSSR count). The average Bonchev–Trinajstić information content (AvgIpc) is 2.46. The van der Waals surface area contributed by atoms with E-state index in [1.54, 1.807) is 25.3 Å². The number of rotatable bonds is 2. The molecule has 0 saturated carbocycles. The van der Waals surface area contributed by atoms with Gasteiger partial charge < -0.3 is 14.4 Å². The molecule has 1 heterocycles. The number of halogens is 1. The Morgan fingerprint density at radius 1 is 1.63 bits per heavy atom. The van der Waals surface area contributed by atoms with Crippen molar-refractivity contribution < 1.29 is 14.3 Å². The first-order chi connectivity index (χ1) is 9.17. The van der Waals surface area contributed by atoms with Crippen molar-refractivity contribution in [2.75, 3.05) is 26.9 Å². The summed E-state index contributed by atoms with van der Waals surface area (Å²) in [5.41, 5.74) is 0.523. The molecule has 19 heavy (non-hydrogen) atoms. The van der Waals surface area contributed by atoms with Gasteiger partial charge in [0, 0.05) is 12.1 Å². The van der Waals surface area contributed by atoms with E-state index in [9.17, 15) is 4.79 Å². The van der Waals surface area contributed by atoms with Gasteiger partial charge in [-0.15, -0.1) is 0 Å². The summed E-state index contributed by atoms with van der Waals surface area (Å²) in [5.74, 6) is 0.494. The van der Waals surface area contributed by atoms with Crippen molar-refractivity contribution in [3.8, 4) is 11.8 Å². The fraction of sp³-hybridized carbons (Fsp3) is 0.385. The predicted molar refractivity (Wildman–Crippen MR) is 72.0 cm³/mol. The molecule has 1 aliphatic heterocycles. The minimum absolute atomic E-state index is 0.168. The number of ether oxygens (including phenoxy) is 2. The van der Waals surface area contributed by atoms with Crippen LogP contribution >= 0.6 is 15.9 Å². The molecule has 0 aliphatic carbocycles. The summed E-state index contributed by atoms with van der Waals surface area (Å²) in [6, 6.07) is 6.67. The summed E-state index contributed by atoms with van der Waals surface area (Å²) in [6.07, 6.45) is 0. The first-order valence-corrected chi connectivity index (χ1v) is 6.58. The van der Waals surface area contributed by atoms with Crippen molar-refractivity contribution >= 4 is 21.8 Å². The number of hydrogen-bond acceptors (Lipinski definition) is 4. The molecule has 0 bridgehead atoms. The van der Waals surface area contributed by atoms with Crippen LogP contribution in [0, 0.1) is 11.3 Å². The highest BCUT2D eigenvalue weighted by Crippen LogP contribution is 2.26. The van der Waals surface area contributed by atoms with Gasteiger partial charge in [0.05, 0.1) is 30.9 Å². The van der Waals surface area contributed by atoms with E-state index in [2.05, 4.69) is 22.0 Å². The van der Waals surface area contributed by atoms with E-state index in [-0.39, 0.29) is 12.5 Å². The van der Waals surface area contributed by atoms with Crippen LogP contribution in [-0.2, 0) is 4.74 Å². The van der Waals surface area contributed by atoms with Gasteiger partial charge in [-0.1, -0.05) is 0 Å². The first-order valence-electron chi connectivity index (χ1n) is 5.79. The Hall–Kier alpha value is -1.58. The zero-order valence-corrected chi connectivity index (χ0v) is 12.0. The second kappa shape index (κ2) is 6.04. The lowest BCUT2D eigenvalue weighted by Crippen LogP contribution is -2.47. The largest absolute Gasteiger partial charge is 0.496 e. The van der Waals surface area contributed by atoms with E-state index in [4.69, 9.17) is 14.7 Å². The SMILES string of the molecule is COc1ccc(C(=O)N2CCOCC2C#N)cc1Br. The number of morpholine rings is 1. The molecule has 1 saturated heterocycles. The summed E-state index contributed by atoms with van der Waals surface area (Å²) in [4.78, 5) is 13.9. The average molecular weight is 325 g/mol. The highest BCUT2D eigenvalue weighted by Gasteiger charge is 2.28. The van der Waals surface area contributed by atoms with Crippen LogP contribution in [0.3, 0.4) is 0 Å². The van der Waals surface area contributed by atoms with Crippen molar-refractivity contribution in [1.29, 1.82) is 5.26 Å². The molecule has 1 aromatic rings. The van der Waals surface area contributed by atoms with E-state index < -0.39 is 6.04 Å². The minimum atomic E-state index is -0.526. The molecule has 1 amide bonds. The summed E-state index contributed by atoms with van der Waals surface area (Å²) in [5, 5.41) is 9.04. The Morgan fingerprint density at radius 2 is 2.42 bits per heavy atom. The number of nitriles is 1. The highest BCUT2D eigenvalue weighted by atomic mass is 79.9. The highest BCUT2D eigenvalue weighted by molar-refractivity contribution is 9.10. The fourth-order valence-electron chi connectivity index (χ4n) is 1.92. The number of carbonyl (C=O) groups excluding carboxylic acids is 1. The van der Waals surface area contributed by atoms with Crippen molar-refractivity contribution in [3.63, 3.8) is 0 Å². The molecular weight excluding hydrogens is 312 g/mol. The summed E-state index contributed by atoms with van der Waals surface area (Å²) in [6.45, 7) is 1.15. The Labute approximate surface area is 119 Å². The lowest BCUT2D eigenvalue weighted by Gasteiger charge is -2.31. The van der Waals surface area contributed by atoms with Crippen LogP contribution in [0.15, 0.2) is 22.7 Å². The van der Waals surface area contributed by atoms with Crippen molar-refractivity contribution in [1.82, 2.24) is 4.90 Å². The maximum absolute atomic E-state index is 12.4.